The van der Waals surface area contributed by atoms with Crippen molar-refractivity contribution in [1.82, 2.24) is 14.8 Å². The molecule has 0 radical (unpaired) electrons. The van der Waals surface area contributed by atoms with Gasteiger partial charge in [0.1, 0.15) is 0 Å². The topological polar surface area (TPSA) is 36.4 Å². The van der Waals surface area contributed by atoms with E-state index in [1.165, 1.54) is 5.56 Å². The summed E-state index contributed by atoms with van der Waals surface area (Å²) in [5.41, 5.74) is 2.03. The first-order valence-electron chi connectivity index (χ1n) is 8.35. The van der Waals surface area contributed by atoms with Crippen LogP contribution in [-0.2, 0) is 6.54 Å². The van der Waals surface area contributed by atoms with E-state index in [1.807, 2.05) is 17.0 Å². The number of aromatic nitrogens is 1. The van der Waals surface area contributed by atoms with Crippen LogP contribution in [0.25, 0.3) is 0 Å². The molecule has 24 heavy (non-hydrogen) atoms. The molecule has 0 spiro atoms. The van der Waals surface area contributed by atoms with Crippen LogP contribution in [0, 0.1) is 11.8 Å². The largest absolute Gasteiger partial charge is 0.338 e. The second kappa shape index (κ2) is 6.54. The quantitative estimate of drug-likeness (QED) is 0.861. The van der Waals surface area contributed by atoms with Gasteiger partial charge in [-0.25, -0.2) is 0 Å². The summed E-state index contributed by atoms with van der Waals surface area (Å²) in [5.74, 6) is 1.31. The van der Waals surface area contributed by atoms with Crippen molar-refractivity contribution < 1.29 is 4.79 Å². The third-order valence-electron chi connectivity index (χ3n) is 5.10. The van der Waals surface area contributed by atoms with E-state index in [2.05, 4.69) is 22.0 Å². The molecule has 0 N–H and O–H groups in total. The van der Waals surface area contributed by atoms with Crippen LogP contribution in [-0.4, -0.2) is 46.9 Å². The maximum atomic E-state index is 12.6. The van der Waals surface area contributed by atoms with Gasteiger partial charge in [-0.3, -0.25) is 14.7 Å². The van der Waals surface area contributed by atoms with Crippen molar-refractivity contribution >= 4 is 17.5 Å². The summed E-state index contributed by atoms with van der Waals surface area (Å²) in [6.07, 6.45) is 3.36. The van der Waals surface area contributed by atoms with E-state index >= 15 is 0 Å². The molecule has 4 rings (SSSR count). The van der Waals surface area contributed by atoms with Crippen molar-refractivity contribution in [3.8, 4) is 0 Å². The van der Waals surface area contributed by atoms with Gasteiger partial charge in [-0.15, -0.1) is 0 Å². The maximum Gasteiger partial charge on any atom is 0.253 e. The molecule has 1 amide bonds. The van der Waals surface area contributed by atoms with E-state index in [0.717, 1.165) is 43.3 Å². The van der Waals surface area contributed by atoms with Gasteiger partial charge in [-0.2, -0.15) is 0 Å². The number of carbonyl (C=O) groups excluding carboxylic acids is 1. The highest BCUT2D eigenvalue weighted by Gasteiger charge is 2.41. The van der Waals surface area contributed by atoms with Gasteiger partial charge < -0.3 is 4.90 Å². The van der Waals surface area contributed by atoms with Crippen LogP contribution in [0.5, 0.6) is 0 Å². The van der Waals surface area contributed by atoms with Crippen LogP contribution in [0.2, 0.25) is 5.02 Å². The number of halogens is 1. The predicted octanol–water partition coefficient (Wildman–Crippen LogP) is 2.94. The smallest absolute Gasteiger partial charge is 0.253 e. The fourth-order valence-corrected chi connectivity index (χ4v) is 4.04. The Morgan fingerprint density at radius 3 is 2.25 bits per heavy atom. The molecule has 1 aromatic carbocycles. The summed E-state index contributed by atoms with van der Waals surface area (Å²) in [4.78, 5) is 21.0. The lowest BCUT2D eigenvalue weighted by molar-refractivity contribution is 0.0773. The molecule has 4 nitrogen and oxygen atoms in total. The lowest BCUT2D eigenvalue weighted by Crippen LogP contribution is -2.33. The molecule has 0 unspecified atom stereocenters. The van der Waals surface area contributed by atoms with Gasteiger partial charge in [0.25, 0.3) is 5.91 Å². The maximum absolute atomic E-state index is 12.6. The standard InChI is InChI=1S/C19H20ClN3O/c20-18-3-1-14(2-4-18)9-22-10-16-12-23(13-17(16)11-22)19(24)15-5-7-21-8-6-15/h1-8,16-17H,9-13H2/t16-,17+. The highest BCUT2D eigenvalue weighted by atomic mass is 35.5. The number of rotatable bonds is 3. The minimum absolute atomic E-state index is 0.135. The minimum Gasteiger partial charge on any atom is -0.338 e. The normalized spacial score (nSPS) is 23.5. The van der Waals surface area contributed by atoms with Crippen LogP contribution in [0.3, 0.4) is 0 Å². The molecule has 2 aromatic rings. The lowest BCUT2D eigenvalue weighted by atomic mass is 10.0. The molecule has 0 saturated carbocycles. The number of hydrogen-bond acceptors (Lipinski definition) is 3. The van der Waals surface area contributed by atoms with Gasteiger partial charge in [0.15, 0.2) is 0 Å². The molecular weight excluding hydrogens is 322 g/mol. The Morgan fingerprint density at radius 1 is 1.00 bits per heavy atom. The first kappa shape index (κ1) is 15.6. The molecule has 1 aromatic heterocycles. The average Bonchev–Trinajstić information content (AvgIpc) is 3.15. The Morgan fingerprint density at radius 2 is 1.62 bits per heavy atom. The summed E-state index contributed by atoms with van der Waals surface area (Å²) in [6.45, 7) is 4.81. The van der Waals surface area contributed by atoms with Crippen LogP contribution < -0.4 is 0 Å². The summed E-state index contributed by atoms with van der Waals surface area (Å²) >= 11 is 5.95. The second-order valence-corrected chi connectivity index (χ2v) is 7.22. The van der Waals surface area contributed by atoms with E-state index in [1.54, 1.807) is 24.5 Å². The molecular formula is C19H20ClN3O. The molecule has 2 atom stereocenters. The van der Waals surface area contributed by atoms with E-state index < -0.39 is 0 Å². The molecule has 124 valence electrons. The third-order valence-corrected chi connectivity index (χ3v) is 5.35. The fraction of sp³-hybridized carbons (Fsp3) is 0.368. The molecule has 2 aliphatic heterocycles. The Hall–Kier alpha value is -1.91. The molecule has 0 bridgehead atoms. The van der Waals surface area contributed by atoms with Crippen molar-refractivity contribution in [1.29, 1.82) is 0 Å². The van der Waals surface area contributed by atoms with Crippen LogP contribution in [0.1, 0.15) is 15.9 Å². The number of fused-ring (bicyclic) bond motifs is 1. The van der Waals surface area contributed by atoms with E-state index in [9.17, 15) is 4.79 Å². The predicted molar refractivity (Wildman–Crippen MR) is 93.8 cm³/mol. The third kappa shape index (κ3) is 3.17. The molecule has 2 fully saturated rings. The zero-order valence-corrected chi connectivity index (χ0v) is 14.2. The zero-order chi connectivity index (χ0) is 16.5. The van der Waals surface area contributed by atoms with Gasteiger partial charge in [0, 0.05) is 55.7 Å². The van der Waals surface area contributed by atoms with Gasteiger partial charge >= 0.3 is 0 Å². The summed E-state index contributed by atoms with van der Waals surface area (Å²) in [5, 5.41) is 0.780. The fourth-order valence-electron chi connectivity index (χ4n) is 3.91. The zero-order valence-electron chi connectivity index (χ0n) is 13.4. The van der Waals surface area contributed by atoms with E-state index in [-0.39, 0.29) is 5.91 Å². The van der Waals surface area contributed by atoms with Crippen molar-refractivity contribution in [3.63, 3.8) is 0 Å². The average molecular weight is 342 g/mol. The molecule has 5 heteroatoms. The Balaban J connectivity index is 1.35. The van der Waals surface area contributed by atoms with Crippen molar-refractivity contribution in [2.75, 3.05) is 26.2 Å². The molecule has 2 saturated heterocycles. The van der Waals surface area contributed by atoms with Crippen LogP contribution in [0.4, 0.5) is 0 Å². The van der Waals surface area contributed by atoms with Gasteiger partial charge in [-0.1, -0.05) is 23.7 Å². The first-order chi connectivity index (χ1) is 11.7. The number of amides is 1. The SMILES string of the molecule is O=C(c1ccncc1)N1C[C@H]2CN(Cc3ccc(Cl)cc3)C[C@H]2C1. The van der Waals surface area contributed by atoms with Gasteiger partial charge in [0.2, 0.25) is 0 Å². The number of likely N-dealkylation sites (tertiary alicyclic amines) is 2. The summed E-state index contributed by atoms with van der Waals surface area (Å²) in [7, 11) is 0. The van der Waals surface area contributed by atoms with E-state index in [0.29, 0.717) is 11.8 Å². The molecule has 3 heterocycles. The molecule has 0 aliphatic carbocycles. The summed E-state index contributed by atoms with van der Waals surface area (Å²) < 4.78 is 0. The van der Waals surface area contributed by atoms with E-state index in [4.69, 9.17) is 11.6 Å². The lowest BCUT2D eigenvalue weighted by Gasteiger charge is -2.21. The number of pyridine rings is 1. The van der Waals surface area contributed by atoms with Crippen molar-refractivity contribution in [2.45, 2.75) is 6.54 Å². The second-order valence-electron chi connectivity index (χ2n) is 6.79. The van der Waals surface area contributed by atoms with Gasteiger partial charge in [-0.05, 0) is 41.7 Å². The van der Waals surface area contributed by atoms with Crippen molar-refractivity contribution in [2.24, 2.45) is 11.8 Å². The highest BCUT2D eigenvalue weighted by molar-refractivity contribution is 6.30. The highest BCUT2D eigenvalue weighted by Crippen LogP contribution is 2.32. The first-order valence-corrected chi connectivity index (χ1v) is 8.73. The van der Waals surface area contributed by atoms with Crippen LogP contribution >= 0.6 is 11.6 Å². The number of hydrogen-bond donors (Lipinski definition) is 0. The monoisotopic (exact) mass is 341 g/mol. The summed E-state index contributed by atoms with van der Waals surface area (Å²) in [6, 6.07) is 11.7. The molecule has 2 aliphatic rings. The Kier molecular flexibility index (Phi) is 4.25. The number of carbonyl (C=O) groups is 1. The Bertz CT molecular complexity index is 705. The number of benzene rings is 1. The van der Waals surface area contributed by atoms with Gasteiger partial charge in [0.05, 0.1) is 0 Å². The van der Waals surface area contributed by atoms with Crippen molar-refractivity contribution in [3.05, 3.63) is 64.9 Å². The minimum atomic E-state index is 0.135. The number of nitrogens with zero attached hydrogens (tertiary/aromatic N) is 3. The Labute approximate surface area is 147 Å². The van der Waals surface area contributed by atoms with Crippen LogP contribution in [0.15, 0.2) is 48.8 Å².